The minimum absolute atomic E-state index is 0.341. The number of hydrogen-bond acceptors (Lipinski definition) is 2. The fraction of sp³-hybridized carbons (Fsp3) is 0.333. The molecule has 2 N–H and O–H groups in total. The van der Waals surface area contributed by atoms with Gasteiger partial charge in [-0.3, -0.25) is 9.59 Å². The lowest BCUT2D eigenvalue weighted by Crippen LogP contribution is -2.71. The van der Waals surface area contributed by atoms with Crippen LogP contribution < -0.4 is 10.6 Å². The van der Waals surface area contributed by atoms with E-state index in [0.29, 0.717) is 11.6 Å². The Kier molecular flexibility index (Phi) is 8.06. The summed E-state index contributed by atoms with van der Waals surface area (Å²) >= 11 is 0. The fourth-order valence-electron chi connectivity index (χ4n) is 2.79. The van der Waals surface area contributed by atoms with Crippen molar-refractivity contribution in [1.29, 1.82) is 0 Å². The minimum Gasteiger partial charge on any atom is -0.324 e. The van der Waals surface area contributed by atoms with Crippen molar-refractivity contribution >= 4 is 23.2 Å². The first-order valence-corrected chi connectivity index (χ1v) is 9.81. The highest BCUT2D eigenvalue weighted by Gasteiger charge is 2.91. The Labute approximate surface area is 203 Å². The van der Waals surface area contributed by atoms with Crippen molar-refractivity contribution in [2.75, 3.05) is 10.6 Å². The van der Waals surface area contributed by atoms with E-state index in [0.717, 1.165) is 23.5 Å². The lowest BCUT2D eigenvalue weighted by Gasteiger charge is -2.39. The lowest BCUT2D eigenvalue weighted by atomic mass is 9.93. The number of alkyl halides is 13. The molecule has 0 fully saturated rings. The molecule has 0 heterocycles. The van der Waals surface area contributed by atoms with Crippen LogP contribution in [-0.2, 0) is 16.0 Å². The summed E-state index contributed by atoms with van der Waals surface area (Å²) in [6.45, 7) is 0. The molecule has 0 aromatic heterocycles. The summed E-state index contributed by atoms with van der Waals surface area (Å²) in [5, 5.41) is 3.01. The maximum Gasteiger partial charge on any atom is 0.460 e. The molecule has 2 aromatic rings. The van der Waals surface area contributed by atoms with Gasteiger partial charge in [0.1, 0.15) is 0 Å². The van der Waals surface area contributed by atoms with Gasteiger partial charge < -0.3 is 10.6 Å². The van der Waals surface area contributed by atoms with Crippen molar-refractivity contribution in [2.24, 2.45) is 0 Å². The minimum atomic E-state index is -8.13. The summed E-state index contributed by atoms with van der Waals surface area (Å²) in [4.78, 5) is 23.9. The summed E-state index contributed by atoms with van der Waals surface area (Å²) in [5.41, 5.74) is -1.12. The van der Waals surface area contributed by atoms with Gasteiger partial charge in [0.05, 0.1) is 17.8 Å². The number of hydrogen-bond donors (Lipinski definition) is 2. The Balaban J connectivity index is 2.35. The van der Waals surface area contributed by atoms with Crippen molar-refractivity contribution in [1.82, 2.24) is 0 Å². The lowest BCUT2D eigenvalue weighted by molar-refractivity contribution is -0.435. The molecule has 0 aliphatic heterocycles. The van der Waals surface area contributed by atoms with Gasteiger partial charge in [-0.15, -0.1) is 0 Å². The molecule has 0 saturated heterocycles. The van der Waals surface area contributed by atoms with E-state index in [1.165, 1.54) is 12.1 Å². The molecule has 0 spiro atoms. The van der Waals surface area contributed by atoms with Crippen LogP contribution in [-0.4, -0.2) is 47.6 Å². The molecule has 210 valence electrons. The van der Waals surface area contributed by atoms with Crippen LogP contribution in [0.4, 0.5) is 68.5 Å². The quantitative estimate of drug-likeness (QED) is 0.335. The normalized spacial score (nSPS) is 13.7. The molecule has 0 bridgehead atoms. The first-order chi connectivity index (χ1) is 17.1. The number of halogens is 13. The average molecular weight is 572 g/mol. The monoisotopic (exact) mass is 572 g/mol. The van der Waals surface area contributed by atoms with Crippen molar-refractivity contribution in [3.63, 3.8) is 0 Å². The summed E-state index contributed by atoms with van der Waals surface area (Å²) in [6, 6.07) is 11.3. The predicted molar refractivity (Wildman–Crippen MR) is 105 cm³/mol. The molecular weight excluding hydrogens is 559 g/mol. The first-order valence-electron chi connectivity index (χ1n) is 9.81. The molecular formula is C21H13F13N2O2. The Morgan fingerprint density at radius 1 is 0.553 bits per heavy atom. The molecule has 0 saturated carbocycles. The van der Waals surface area contributed by atoms with E-state index in [-0.39, 0.29) is 6.42 Å². The topological polar surface area (TPSA) is 58.2 Å². The highest BCUT2D eigenvalue weighted by Crippen LogP contribution is 2.60. The summed E-state index contributed by atoms with van der Waals surface area (Å²) < 4.78 is 172. The van der Waals surface area contributed by atoms with Gasteiger partial charge in [0.2, 0.25) is 5.91 Å². The number of benzene rings is 2. The van der Waals surface area contributed by atoms with Crippen LogP contribution in [0.25, 0.3) is 0 Å². The van der Waals surface area contributed by atoms with Gasteiger partial charge in [-0.1, -0.05) is 42.5 Å². The maximum atomic E-state index is 14.1. The first kappa shape index (κ1) is 30.7. The van der Waals surface area contributed by atoms with Crippen molar-refractivity contribution in [2.45, 2.75) is 42.2 Å². The van der Waals surface area contributed by atoms with Crippen molar-refractivity contribution < 1.29 is 66.7 Å². The van der Waals surface area contributed by atoms with Gasteiger partial charge in [0.25, 0.3) is 0 Å². The van der Waals surface area contributed by atoms with Gasteiger partial charge in [-0.05, 0) is 17.7 Å². The zero-order chi connectivity index (χ0) is 29.4. The standard InChI is InChI=1S/C21H13F13N2O2/c22-16(23,17(24,25)18(26,27)19(28,29)20(30,31)21(32,33)34)15(38)36-13-9-5-4-8-12(13)35-14(37)10-11-6-2-1-3-7-11/h1-9H,10H2,(H,35,37)(H,36,38). The number of carbonyl (C=O) groups excluding carboxylic acids is 2. The molecule has 4 nitrogen and oxygen atoms in total. The Hall–Kier alpha value is -3.53. The number of nitrogens with one attached hydrogen (secondary N) is 2. The predicted octanol–water partition coefficient (Wildman–Crippen LogP) is 6.55. The molecule has 2 amide bonds. The third kappa shape index (κ3) is 5.22. The Bertz CT molecular complexity index is 1170. The van der Waals surface area contributed by atoms with Gasteiger partial charge in [0, 0.05) is 0 Å². The second-order valence-electron chi connectivity index (χ2n) is 7.58. The summed E-state index contributed by atoms with van der Waals surface area (Å²) in [6.07, 6.45) is -7.91. The molecule has 0 atom stereocenters. The van der Waals surface area contributed by atoms with Crippen LogP contribution in [0.2, 0.25) is 0 Å². The molecule has 0 unspecified atom stereocenters. The zero-order valence-electron chi connectivity index (χ0n) is 18.1. The highest BCUT2D eigenvalue weighted by molar-refractivity contribution is 6.02. The van der Waals surface area contributed by atoms with E-state index < -0.39 is 59.0 Å². The molecule has 0 aliphatic carbocycles. The summed E-state index contributed by atoms with van der Waals surface area (Å²) in [5.74, 6) is -43.3. The third-order valence-corrected chi connectivity index (χ3v) is 4.88. The molecule has 38 heavy (non-hydrogen) atoms. The SMILES string of the molecule is O=C(Cc1ccccc1)Nc1ccccc1NC(=O)C(F)(F)C(F)(F)C(F)(F)C(F)(F)C(F)(F)C(F)(F)F. The fourth-order valence-corrected chi connectivity index (χ4v) is 2.79. The van der Waals surface area contributed by atoms with Gasteiger partial charge in [-0.2, -0.15) is 57.1 Å². The maximum absolute atomic E-state index is 14.1. The van der Waals surface area contributed by atoms with E-state index in [1.54, 1.807) is 18.2 Å². The van der Waals surface area contributed by atoms with E-state index in [2.05, 4.69) is 5.32 Å². The Morgan fingerprint density at radius 2 is 0.974 bits per heavy atom. The van der Waals surface area contributed by atoms with Crippen molar-refractivity contribution in [3.05, 3.63) is 60.2 Å². The van der Waals surface area contributed by atoms with E-state index in [4.69, 9.17) is 0 Å². The van der Waals surface area contributed by atoms with Crippen LogP contribution in [0, 0.1) is 0 Å². The largest absolute Gasteiger partial charge is 0.460 e. The Morgan fingerprint density at radius 3 is 1.45 bits per heavy atom. The average Bonchev–Trinajstić information content (AvgIpc) is 2.79. The molecule has 2 rings (SSSR count). The summed E-state index contributed by atoms with van der Waals surface area (Å²) in [7, 11) is 0. The number of rotatable bonds is 9. The van der Waals surface area contributed by atoms with Gasteiger partial charge >= 0.3 is 41.7 Å². The highest BCUT2D eigenvalue weighted by atomic mass is 19.4. The van der Waals surface area contributed by atoms with E-state index >= 15 is 0 Å². The number of carbonyl (C=O) groups is 2. The van der Waals surface area contributed by atoms with Crippen LogP contribution in [0.5, 0.6) is 0 Å². The molecule has 17 heteroatoms. The van der Waals surface area contributed by atoms with E-state index in [9.17, 15) is 66.7 Å². The van der Waals surface area contributed by atoms with Crippen LogP contribution >= 0.6 is 0 Å². The molecule has 0 aliphatic rings. The second-order valence-corrected chi connectivity index (χ2v) is 7.58. The number of para-hydroxylation sites is 2. The zero-order valence-corrected chi connectivity index (χ0v) is 18.1. The second kappa shape index (κ2) is 9.98. The van der Waals surface area contributed by atoms with Gasteiger partial charge in [-0.25, -0.2) is 0 Å². The molecule has 2 aromatic carbocycles. The molecule has 0 radical (unpaired) electrons. The number of amides is 2. The smallest absolute Gasteiger partial charge is 0.324 e. The van der Waals surface area contributed by atoms with Gasteiger partial charge in [0.15, 0.2) is 0 Å². The van der Waals surface area contributed by atoms with Crippen molar-refractivity contribution in [3.8, 4) is 0 Å². The van der Waals surface area contributed by atoms with E-state index in [1.807, 2.05) is 0 Å². The van der Waals surface area contributed by atoms with Crippen LogP contribution in [0.1, 0.15) is 5.56 Å². The van der Waals surface area contributed by atoms with Crippen LogP contribution in [0.3, 0.4) is 0 Å². The number of anilines is 2. The third-order valence-electron chi connectivity index (χ3n) is 4.88. The van der Waals surface area contributed by atoms with Crippen LogP contribution in [0.15, 0.2) is 54.6 Å².